The second kappa shape index (κ2) is 5.52. The number of aromatic nitrogens is 2. The molecule has 4 rings (SSSR count). The predicted octanol–water partition coefficient (Wildman–Crippen LogP) is 2.86. The lowest BCUT2D eigenvalue weighted by Gasteiger charge is -2.07. The second-order valence-corrected chi connectivity index (χ2v) is 5.66. The Morgan fingerprint density at radius 2 is 1.96 bits per heavy atom. The van der Waals surface area contributed by atoms with E-state index in [2.05, 4.69) is 15.3 Å². The molecule has 2 heterocycles. The summed E-state index contributed by atoms with van der Waals surface area (Å²) in [5.74, 6) is 0.557. The van der Waals surface area contributed by atoms with Crippen LogP contribution < -0.4 is 10.9 Å². The normalized spacial score (nSPS) is 13.9. The van der Waals surface area contributed by atoms with Crippen LogP contribution >= 0.6 is 11.6 Å². The first-order valence-corrected chi connectivity index (χ1v) is 7.69. The number of carbonyl (C=O) groups excluding carboxylic acids is 1. The van der Waals surface area contributed by atoms with Gasteiger partial charge in [-0.1, -0.05) is 35.9 Å². The number of para-hydroxylation sites is 1. The zero-order valence-electron chi connectivity index (χ0n) is 12.2. The lowest BCUT2D eigenvalue weighted by molar-refractivity contribution is 0.0996. The van der Waals surface area contributed by atoms with Gasteiger partial charge >= 0.3 is 0 Å². The smallest absolute Gasteiger partial charge is 0.281 e. The molecule has 0 fully saturated rings. The van der Waals surface area contributed by atoms with Gasteiger partial charge in [0, 0.05) is 18.5 Å². The van der Waals surface area contributed by atoms with E-state index >= 15 is 0 Å². The van der Waals surface area contributed by atoms with E-state index in [-0.39, 0.29) is 5.91 Å². The van der Waals surface area contributed by atoms with Crippen LogP contribution in [0, 0.1) is 0 Å². The minimum Gasteiger partial charge on any atom is -0.369 e. The Hall–Kier alpha value is -2.66. The van der Waals surface area contributed by atoms with E-state index in [9.17, 15) is 4.79 Å². The number of nitrogens with one attached hydrogen (secondary N) is 1. The van der Waals surface area contributed by atoms with Crippen LogP contribution in [0.5, 0.6) is 0 Å². The van der Waals surface area contributed by atoms with Crippen molar-refractivity contribution in [3.8, 4) is 0 Å². The topological polar surface area (TPSA) is 59.3 Å². The highest BCUT2D eigenvalue weighted by atomic mass is 35.5. The van der Waals surface area contributed by atoms with Crippen LogP contribution in [-0.2, 0) is 6.54 Å². The van der Waals surface area contributed by atoms with Gasteiger partial charge in [-0.25, -0.2) is 4.98 Å². The van der Waals surface area contributed by atoms with Crippen molar-refractivity contribution in [1.82, 2.24) is 9.55 Å². The molecule has 1 aromatic heterocycles. The van der Waals surface area contributed by atoms with Crippen molar-refractivity contribution < 1.29 is 4.79 Å². The monoisotopic (exact) mass is 324 g/mol. The molecule has 0 saturated heterocycles. The summed E-state index contributed by atoms with van der Waals surface area (Å²) < 4.78 is 1.93. The van der Waals surface area contributed by atoms with E-state index in [1.165, 1.54) is 0 Å². The van der Waals surface area contributed by atoms with Crippen molar-refractivity contribution in [2.24, 2.45) is 4.99 Å². The molecule has 6 heteroatoms. The molecule has 0 aliphatic carbocycles. The molecule has 0 unspecified atom stereocenters. The molecule has 2 aromatic carbocycles. The molecule has 0 bridgehead atoms. The van der Waals surface area contributed by atoms with Gasteiger partial charge in [-0.15, -0.1) is 0 Å². The van der Waals surface area contributed by atoms with Gasteiger partial charge in [-0.3, -0.25) is 9.36 Å². The van der Waals surface area contributed by atoms with Crippen LogP contribution in [0.2, 0.25) is 5.02 Å². The number of carbonyl (C=O) groups is 1. The van der Waals surface area contributed by atoms with E-state index in [0.717, 1.165) is 29.8 Å². The van der Waals surface area contributed by atoms with Crippen LogP contribution in [0.4, 0.5) is 5.82 Å². The van der Waals surface area contributed by atoms with Crippen molar-refractivity contribution in [1.29, 1.82) is 0 Å². The van der Waals surface area contributed by atoms with E-state index in [1.807, 2.05) is 28.8 Å². The summed E-state index contributed by atoms with van der Waals surface area (Å²) in [7, 11) is 0. The zero-order chi connectivity index (χ0) is 15.8. The zero-order valence-corrected chi connectivity index (χ0v) is 12.9. The molecule has 23 heavy (non-hydrogen) atoms. The van der Waals surface area contributed by atoms with E-state index in [4.69, 9.17) is 11.6 Å². The maximum atomic E-state index is 12.4. The predicted molar refractivity (Wildman–Crippen MR) is 89.6 cm³/mol. The number of halogens is 1. The number of nitrogens with zero attached hydrogens (tertiary/aromatic N) is 3. The molecule has 1 amide bonds. The van der Waals surface area contributed by atoms with Crippen LogP contribution in [0.25, 0.3) is 10.9 Å². The molecular formula is C17H13ClN4O. The fourth-order valence-corrected chi connectivity index (χ4v) is 2.96. The average Bonchev–Trinajstić information content (AvgIpc) is 3.05. The Balaban J connectivity index is 1.92. The standard InChI is InChI=1S/C17H13ClN4O/c18-13-7-3-1-5-11(13)16(23)21-17-20-14-8-4-2-6-12(14)15-19-9-10-22(15)17/h1-8,19H,9-10H2. The summed E-state index contributed by atoms with van der Waals surface area (Å²) in [5, 5.41) is 4.75. The summed E-state index contributed by atoms with van der Waals surface area (Å²) in [5.41, 5.74) is 1.58. The molecule has 1 aliphatic rings. The van der Waals surface area contributed by atoms with E-state index in [1.54, 1.807) is 24.3 Å². The third-order valence-electron chi connectivity index (χ3n) is 3.82. The second-order valence-electron chi connectivity index (χ2n) is 5.25. The number of benzene rings is 2. The number of fused-ring (bicyclic) bond motifs is 3. The quantitative estimate of drug-likeness (QED) is 0.748. The van der Waals surface area contributed by atoms with Gasteiger partial charge in [-0.05, 0) is 24.3 Å². The van der Waals surface area contributed by atoms with E-state index < -0.39 is 0 Å². The number of hydrogen-bond donors (Lipinski definition) is 1. The Bertz CT molecular complexity index is 993. The fraction of sp³-hybridized carbons (Fsp3) is 0.118. The number of amides is 1. The summed E-state index contributed by atoms with van der Waals surface area (Å²) >= 11 is 6.08. The minimum absolute atomic E-state index is 0.379. The van der Waals surface area contributed by atoms with E-state index in [0.29, 0.717) is 16.2 Å². The molecule has 1 aliphatic heterocycles. The minimum atomic E-state index is -0.389. The van der Waals surface area contributed by atoms with Crippen molar-refractivity contribution >= 4 is 34.2 Å². The Morgan fingerprint density at radius 3 is 2.83 bits per heavy atom. The van der Waals surface area contributed by atoms with Gasteiger partial charge in [0.1, 0.15) is 5.82 Å². The Kier molecular flexibility index (Phi) is 3.35. The molecular weight excluding hydrogens is 312 g/mol. The lowest BCUT2D eigenvalue weighted by atomic mass is 10.2. The SMILES string of the molecule is O=C(N=c1nc2ccccc2c2n1CCN2)c1ccccc1Cl. The number of rotatable bonds is 1. The van der Waals surface area contributed by atoms with Gasteiger partial charge in [0.25, 0.3) is 5.91 Å². The van der Waals surface area contributed by atoms with Gasteiger partial charge in [0.15, 0.2) is 0 Å². The lowest BCUT2D eigenvalue weighted by Crippen LogP contribution is -2.24. The van der Waals surface area contributed by atoms with Crippen LogP contribution in [0.1, 0.15) is 10.4 Å². The first kappa shape index (κ1) is 14.0. The van der Waals surface area contributed by atoms with Crippen LogP contribution in [-0.4, -0.2) is 22.0 Å². The number of anilines is 1. The van der Waals surface area contributed by atoms with Gasteiger partial charge in [0.05, 0.1) is 16.1 Å². The highest BCUT2D eigenvalue weighted by Gasteiger charge is 2.16. The first-order chi connectivity index (χ1) is 11.2. The maximum absolute atomic E-state index is 12.4. The van der Waals surface area contributed by atoms with Crippen molar-refractivity contribution in [3.05, 3.63) is 64.7 Å². The van der Waals surface area contributed by atoms with Crippen molar-refractivity contribution in [2.75, 3.05) is 11.9 Å². The maximum Gasteiger partial charge on any atom is 0.281 e. The molecule has 3 aromatic rings. The Morgan fingerprint density at radius 1 is 1.17 bits per heavy atom. The molecule has 114 valence electrons. The Labute approximate surface area is 137 Å². The molecule has 0 saturated carbocycles. The average molecular weight is 325 g/mol. The summed E-state index contributed by atoms with van der Waals surface area (Å²) in [6, 6.07) is 14.7. The molecule has 5 nitrogen and oxygen atoms in total. The number of hydrogen-bond acceptors (Lipinski definition) is 3. The molecule has 0 spiro atoms. The molecule has 0 atom stereocenters. The third kappa shape index (κ3) is 2.39. The third-order valence-corrected chi connectivity index (χ3v) is 4.15. The van der Waals surface area contributed by atoms with Crippen molar-refractivity contribution in [2.45, 2.75) is 6.54 Å². The fourth-order valence-electron chi connectivity index (χ4n) is 2.74. The highest BCUT2D eigenvalue weighted by molar-refractivity contribution is 6.33. The van der Waals surface area contributed by atoms with Crippen LogP contribution in [0.15, 0.2) is 53.5 Å². The molecule has 1 N–H and O–H groups in total. The summed E-state index contributed by atoms with van der Waals surface area (Å²) in [4.78, 5) is 21.2. The van der Waals surface area contributed by atoms with Gasteiger partial charge in [-0.2, -0.15) is 4.99 Å². The van der Waals surface area contributed by atoms with Crippen molar-refractivity contribution in [3.63, 3.8) is 0 Å². The van der Waals surface area contributed by atoms with Gasteiger partial charge in [0.2, 0.25) is 5.62 Å². The largest absolute Gasteiger partial charge is 0.369 e. The summed E-state index contributed by atoms with van der Waals surface area (Å²) in [6.07, 6.45) is 0. The first-order valence-electron chi connectivity index (χ1n) is 7.31. The highest BCUT2D eigenvalue weighted by Crippen LogP contribution is 2.22. The van der Waals surface area contributed by atoms with Gasteiger partial charge < -0.3 is 5.32 Å². The molecule has 0 radical (unpaired) electrons. The van der Waals surface area contributed by atoms with Crippen LogP contribution in [0.3, 0.4) is 0 Å². The summed E-state index contributed by atoms with van der Waals surface area (Å²) in [6.45, 7) is 1.51.